The van der Waals surface area contributed by atoms with Crippen molar-refractivity contribution in [1.82, 2.24) is 9.88 Å². The highest BCUT2D eigenvalue weighted by atomic mass is 19.4. The lowest BCUT2D eigenvalue weighted by Crippen LogP contribution is -2.50. The first-order valence-electron chi connectivity index (χ1n) is 7.84. The van der Waals surface area contributed by atoms with Crippen LogP contribution in [-0.2, 0) is 25.7 Å². The van der Waals surface area contributed by atoms with Gasteiger partial charge in [0, 0.05) is 36.8 Å². The molecule has 7 nitrogen and oxygen atoms in total. The number of halogens is 3. The van der Waals surface area contributed by atoms with Crippen LogP contribution >= 0.6 is 0 Å². The van der Waals surface area contributed by atoms with Crippen LogP contribution in [0.1, 0.15) is 34.8 Å². The summed E-state index contributed by atoms with van der Waals surface area (Å²) >= 11 is 0. The molecule has 26 heavy (non-hydrogen) atoms. The lowest BCUT2D eigenvalue weighted by molar-refractivity contribution is -0.174. The quantitative estimate of drug-likeness (QED) is 0.781. The molecule has 1 aliphatic heterocycles. The number of aromatic nitrogens is 1. The number of carbonyl (C=O) groups is 4. The Morgan fingerprint density at radius 3 is 2.58 bits per heavy atom. The first-order valence-corrected chi connectivity index (χ1v) is 7.84. The second-order valence-corrected chi connectivity index (χ2v) is 6.34. The number of hydrogen-bond donors (Lipinski definition) is 1. The molecule has 140 valence electrons. The summed E-state index contributed by atoms with van der Waals surface area (Å²) in [6, 6.07) is 0.154. The van der Waals surface area contributed by atoms with Crippen molar-refractivity contribution < 1.29 is 37.1 Å². The van der Waals surface area contributed by atoms with E-state index in [4.69, 9.17) is 0 Å². The number of alkyl halides is 3. The Kier molecular flexibility index (Phi) is 4.37. The molecule has 3 rings (SSSR count). The molecule has 0 radical (unpaired) electrons. The maximum Gasteiger partial charge on any atom is 0.471 e. The first kappa shape index (κ1) is 18.2. The van der Waals surface area contributed by atoms with Crippen LogP contribution in [0.4, 0.5) is 13.2 Å². The number of rotatable bonds is 2. The summed E-state index contributed by atoms with van der Waals surface area (Å²) in [4.78, 5) is 48.2. The largest absolute Gasteiger partial charge is 0.471 e. The van der Waals surface area contributed by atoms with Gasteiger partial charge in [0.25, 0.3) is 0 Å². The van der Waals surface area contributed by atoms with E-state index in [2.05, 4.69) is 4.74 Å². The molecule has 1 aromatic rings. The molecule has 2 aliphatic rings. The van der Waals surface area contributed by atoms with Gasteiger partial charge in [0.15, 0.2) is 5.78 Å². The highest BCUT2D eigenvalue weighted by Crippen LogP contribution is 2.38. The van der Waals surface area contributed by atoms with Crippen LogP contribution in [0.3, 0.4) is 0 Å². The number of carbonyl (C=O) groups excluding carboxylic acids is 4. The number of methoxy groups -OCH3 is 1. The molecule has 1 N–H and O–H groups in total. The van der Waals surface area contributed by atoms with Crippen molar-refractivity contribution in [3.63, 3.8) is 0 Å². The molecule has 0 aromatic carbocycles. The number of hydrogen-bond acceptors (Lipinski definition) is 5. The Morgan fingerprint density at radius 1 is 1.27 bits per heavy atom. The summed E-state index contributed by atoms with van der Waals surface area (Å²) in [5.74, 6) is -5.76. The standard InChI is InChI=1S/C16H15F3N2O5/c1-26-14(24)7-4-11(23)12-9(20-15(25)16(17,18)19)5-10(22)8-2-3-21(6-7)13(8)12/h2-3,7,9,12H,4-6H2,1H3,(H,20,25)/t7-,9-,12?/m0/s1. The fourth-order valence-corrected chi connectivity index (χ4v) is 3.60. The number of Topliss-reactive ketones (excluding diaryl/α,β-unsaturated/α-hetero) is 2. The summed E-state index contributed by atoms with van der Waals surface area (Å²) in [6.45, 7) is 0.0669. The number of ether oxygens (including phenoxy) is 1. The molecule has 0 bridgehead atoms. The van der Waals surface area contributed by atoms with Crippen molar-refractivity contribution in [1.29, 1.82) is 0 Å². The molecule has 0 saturated heterocycles. The average Bonchev–Trinajstić information content (AvgIpc) is 2.90. The minimum Gasteiger partial charge on any atom is -0.469 e. The minimum atomic E-state index is -5.13. The van der Waals surface area contributed by atoms with Gasteiger partial charge in [-0.3, -0.25) is 19.2 Å². The van der Waals surface area contributed by atoms with Gasteiger partial charge in [0.1, 0.15) is 5.78 Å². The third-order valence-corrected chi connectivity index (χ3v) is 4.73. The molecule has 0 fully saturated rings. The molecule has 1 unspecified atom stereocenters. The van der Waals surface area contributed by atoms with Crippen molar-refractivity contribution >= 4 is 23.4 Å². The van der Waals surface area contributed by atoms with Crippen LogP contribution in [0, 0.1) is 5.92 Å². The third kappa shape index (κ3) is 2.99. The van der Waals surface area contributed by atoms with E-state index in [1.165, 1.54) is 23.9 Å². The number of nitrogens with zero attached hydrogens (tertiary/aromatic N) is 1. The Bertz CT molecular complexity index is 798. The van der Waals surface area contributed by atoms with Gasteiger partial charge < -0.3 is 14.6 Å². The smallest absolute Gasteiger partial charge is 0.469 e. The second-order valence-electron chi connectivity index (χ2n) is 6.34. The Hall–Kier alpha value is -2.65. The lowest BCUT2D eigenvalue weighted by atomic mass is 9.79. The van der Waals surface area contributed by atoms with Crippen LogP contribution in [0.5, 0.6) is 0 Å². The van der Waals surface area contributed by atoms with Gasteiger partial charge in [0.2, 0.25) is 0 Å². The summed E-state index contributed by atoms with van der Waals surface area (Å²) in [7, 11) is 1.17. The van der Waals surface area contributed by atoms with Crippen LogP contribution in [0.2, 0.25) is 0 Å². The maximum atomic E-state index is 12.7. The van der Waals surface area contributed by atoms with E-state index in [1.54, 1.807) is 5.32 Å². The van der Waals surface area contributed by atoms with E-state index in [1.807, 2.05) is 0 Å². The van der Waals surface area contributed by atoms with Crippen LogP contribution in [0.25, 0.3) is 0 Å². The van der Waals surface area contributed by atoms with Crippen LogP contribution in [0.15, 0.2) is 12.3 Å². The van der Waals surface area contributed by atoms with Crippen molar-refractivity contribution in [2.24, 2.45) is 5.92 Å². The molecule has 3 atom stereocenters. The normalized spacial score (nSPS) is 25.3. The van der Waals surface area contributed by atoms with Gasteiger partial charge in [-0.2, -0.15) is 13.2 Å². The van der Waals surface area contributed by atoms with Crippen molar-refractivity contribution in [2.45, 2.75) is 37.5 Å². The summed E-state index contributed by atoms with van der Waals surface area (Å²) in [6.07, 6.45) is -4.28. The molecule has 0 saturated carbocycles. The van der Waals surface area contributed by atoms with Crippen molar-refractivity contribution in [3.05, 3.63) is 23.5 Å². The zero-order valence-electron chi connectivity index (χ0n) is 13.6. The zero-order valence-corrected chi connectivity index (χ0v) is 13.6. The molecule has 10 heteroatoms. The number of esters is 1. The molecule has 1 amide bonds. The zero-order chi connectivity index (χ0) is 19.2. The van der Waals surface area contributed by atoms with Gasteiger partial charge in [-0.05, 0) is 6.07 Å². The number of amides is 1. The number of ketones is 2. The van der Waals surface area contributed by atoms with Gasteiger partial charge >= 0.3 is 18.1 Å². The summed E-state index contributed by atoms with van der Waals surface area (Å²) in [5.41, 5.74) is 0.469. The van der Waals surface area contributed by atoms with Gasteiger partial charge in [-0.15, -0.1) is 0 Å². The molecule has 1 aromatic heterocycles. The fourth-order valence-electron chi connectivity index (χ4n) is 3.60. The summed E-state index contributed by atoms with van der Waals surface area (Å²) < 4.78 is 44.0. The molecule has 0 spiro atoms. The topological polar surface area (TPSA) is 94.5 Å². The SMILES string of the molecule is COC(=O)[C@H]1CC(=O)C2c3c(ccn3C1)C(=O)C[C@@H]2NC(=O)C(F)(F)F. The maximum absolute atomic E-state index is 12.7. The van der Waals surface area contributed by atoms with Crippen LogP contribution < -0.4 is 5.32 Å². The Balaban J connectivity index is 2.01. The van der Waals surface area contributed by atoms with Crippen molar-refractivity contribution in [3.8, 4) is 0 Å². The molecular weight excluding hydrogens is 357 g/mol. The third-order valence-electron chi connectivity index (χ3n) is 4.73. The number of nitrogens with one attached hydrogen (secondary N) is 1. The highest BCUT2D eigenvalue weighted by molar-refractivity contribution is 6.04. The first-order chi connectivity index (χ1) is 12.1. The van der Waals surface area contributed by atoms with Crippen molar-refractivity contribution in [2.75, 3.05) is 7.11 Å². The molecular formula is C16H15F3N2O5. The molecule has 1 aliphatic carbocycles. The van der Waals surface area contributed by atoms with E-state index in [0.717, 1.165) is 0 Å². The predicted octanol–water partition coefficient (Wildman–Crippen LogP) is 0.967. The monoisotopic (exact) mass is 372 g/mol. The van der Waals surface area contributed by atoms with E-state index in [0.29, 0.717) is 0 Å². The van der Waals surface area contributed by atoms with Gasteiger partial charge in [0.05, 0.1) is 25.0 Å². The van der Waals surface area contributed by atoms with Crippen LogP contribution in [-0.4, -0.2) is 47.3 Å². The van der Waals surface area contributed by atoms with Gasteiger partial charge in [-0.25, -0.2) is 0 Å². The minimum absolute atomic E-state index is 0.0669. The average molecular weight is 372 g/mol. The highest BCUT2D eigenvalue weighted by Gasteiger charge is 2.47. The Labute approximate surface area is 145 Å². The molecule has 2 heterocycles. The fraction of sp³-hybridized carbons (Fsp3) is 0.500. The lowest BCUT2D eigenvalue weighted by Gasteiger charge is -2.31. The van der Waals surface area contributed by atoms with E-state index in [-0.39, 0.29) is 24.2 Å². The summed E-state index contributed by atoms with van der Waals surface area (Å²) in [5, 5.41) is 1.76. The Morgan fingerprint density at radius 2 is 1.96 bits per heavy atom. The van der Waals surface area contributed by atoms with Gasteiger partial charge in [-0.1, -0.05) is 0 Å². The van der Waals surface area contributed by atoms with E-state index >= 15 is 0 Å². The van der Waals surface area contributed by atoms with E-state index < -0.39 is 53.9 Å². The second kappa shape index (κ2) is 6.26. The predicted molar refractivity (Wildman–Crippen MR) is 79.2 cm³/mol. The van der Waals surface area contributed by atoms with E-state index in [9.17, 15) is 32.3 Å².